The molecule has 7 aromatic carbocycles. The highest BCUT2D eigenvalue weighted by Gasteiger charge is 2.19. The van der Waals surface area contributed by atoms with Crippen molar-refractivity contribution in [2.24, 2.45) is 9.98 Å². The molecule has 4 heteroatoms. The number of furan rings is 1. The fraction of sp³-hybridized carbons (Fsp3) is 0.0417. The molecule has 52 heavy (non-hydrogen) atoms. The molecule has 0 aliphatic carbocycles. The van der Waals surface area contributed by atoms with Crippen molar-refractivity contribution < 1.29 is 4.42 Å². The second kappa shape index (κ2) is 13.2. The van der Waals surface area contributed by atoms with Crippen LogP contribution in [-0.4, -0.2) is 16.1 Å². The Morgan fingerprint density at radius 2 is 1.19 bits per heavy atom. The van der Waals surface area contributed by atoms with Crippen LogP contribution in [0.3, 0.4) is 0 Å². The second-order valence-electron chi connectivity index (χ2n) is 13.0. The summed E-state index contributed by atoms with van der Waals surface area (Å²) in [5.74, 6) is 0.656. The maximum Gasteiger partial charge on any atom is 0.160 e. The number of amidine groups is 1. The SMILES string of the molecule is C/C=C(/N=C(\N=C(/C)c1ccc2c(c1)oc1cccc(-n3c4ccccc4c4ccc(-c5ccccc5)cc43)c12)c1ccccc1)c1ccccc1. The van der Waals surface area contributed by atoms with Gasteiger partial charge in [0.2, 0.25) is 0 Å². The van der Waals surface area contributed by atoms with Crippen molar-refractivity contribution in [1.29, 1.82) is 0 Å². The third kappa shape index (κ3) is 5.51. The van der Waals surface area contributed by atoms with Gasteiger partial charge in [-0.15, -0.1) is 0 Å². The van der Waals surface area contributed by atoms with Gasteiger partial charge >= 0.3 is 0 Å². The van der Waals surface area contributed by atoms with Crippen LogP contribution in [0.1, 0.15) is 30.5 Å². The Labute approximate surface area is 302 Å². The Balaban J connectivity index is 1.19. The Kier molecular flexibility index (Phi) is 7.90. The van der Waals surface area contributed by atoms with E-state index in [1.54, 1.807) is 0 Å². The third-order valence-electron chi connectivity index (χ3n) is 9.79. The van der Waals surface area contributed by atoms with E-state index in [0.717, 1.165) is 66.8 Å². The average Bonchev–Trinajstić information content (AvgIpc) is 3.75. The summed E-state index contributed by atoms with van der Waals surface area (Å²) in [4.78, 5) is 10.2. The summed E-state index contributed by atoms with van der Waals surface area (Å²) in [6.45, 7) is 4.05. The Bertz CT molecular complexity index is 2840. The maximum atomic E-state index is 6.62. The van der Waals surface area contributed by atoms with Crippen molar-refractivity contribution in [3.8, 4) is 16.8 Å². The predicted octanol–water partition coefficient (Wildman–Crippen LogP) is 12.7. The number of rotatable bonds is 6. The molecule has 0 N–H and O–H groups in total. The first-order chi connectivity index (χ1) is 25.7. The number of para-hydroxylation sites is 1. The van der Waals surface area contributed by atoms with Crippen molar-refractivity contribution in [2.75, 3.05) is 0 Å². The van der Waals surface area contributed by atoms with Gasteiger partial charge in [-0.05, 0) is 72.5 Å². The maximum absolute atomic E-state index is 6.62. The molecular formula is C48H35N3O. The molecule has 0 aliphatic rings. The molecule has 0 aliphatic heterocycles. The highest BCUT2D eigenvalue weighted by atomic mass is 16.3. The van der Waals surface area contributed by atoms with Crippen LogP contribution in [0.5, 0.6) is 0 Å². The van der Waals surface area contributed by atoms with E-state index in [1.165, 1.54) is 21.9 Å². The first-order valence-corrected chi connectivity index (χ1v) is 17.6. The zero-order valence-electron chi connectivity index (χ0n) is 29.0. The van der Waals surface area contributed by atoms with Crippen LogP contribution in [0.4, 0.5) is 0 Å². The summed E-state index contributed by atoms with van der Waals surface area (Å²) < 4.78 is 9.01. The van der Waals surface area contributed by atoms with Crippen LogP contribution >= 0.6 is 0 Å². The van der Waals surface area contributed by atoms with Crippen molar-refractivity contribution in [3.05, 3.63) is 193 Å². The molecule has 4 nitrogen and oxygen atoms in total. The van der Waals surface area contributed by atoms with E-state index in [0.29, 0.717) is 5.84 Å². The topological polar surface area (TPSA) is 42.8 Å². The van der Waals surface area contributed by atoms with Gasteiger partial charge in [-0.3, -0.25) is 0 Å². The van der Waals surface area contributed by atoms with Crippen LogP contribution < -0.4 is 0 Å². The van der Waals surface area contributed by atoms with Gasteiger partial charge in [-0.2, -0.15) is 0 Å². The van der Waals surface area contributed by atoms with E-state index in [1.807, 2.05) is 56.3 Å². The first-order valence-electron chi connectivity index (χ1n) is 17.6. The van der Waals surface area contributed by atoms with E-state index in [4.69, 9.17) is 14.4 Å². The predicted molar refractivity (Wildman–Crippen MR) is 219 cm³/mol. The third-order valence-corrected chi connectivity index (χ3v) is 9.79. The molecule has 0 amide bonds. The Morgan fingerprint density at radius 3 is 1.96 bits per heavy atom. The number of fused-ring (bicyclic) bond motifs is 6. The van der Waals surface area contributed by atoms with Crippen LogP contribution in [0.15, 0.2) is 190 Å². The number of nitrogens with zero attached hydrogens (tertiary/aromatic N) is 3. The number of benzene rings is 7. The summed E-state index contributed by atoms with van der Waals surface area (Å²) in [6, 6.07) is 59.2. The number of hydrogen-bond donors (Lipinski definition) is 0. The summed E-state index contributed by atoms with van der Waals surface area (Å²) in [7, 11) is 0. The molecule has 0 bridgehead atoms. The minimum Gasteiger partial charge on any atom is -0.456 e. The molecule has 9 aromatic rings. The van der Waals surface area contributed by atoms with Gasteiger partial charge in [0, 0.05) is 27.4 Å². The summed E-state index contributed by atoms with van der Waals surface area (Å²) >= 11 is 0. The van der Waals surface area contributed by atoms with Crippen molar-refractivity contribution in [3.63, 3.8) is 0 Å². The lowest BCUT2D eigenvalue weighted by Gasteiger charge is -2.11. The van der Waals surface area contributed by atoms with Gasteiger partial charge in [0.15, 0.2) is 5.84 Å². The van der Waals surface area contributed by atoms with Crippen molar-refractivity contribution in [2.45, 2.75) is 13.8 Å². The molecule has 2 heterocycles. The standard InChI is InChI=1S/C48H35N3O/c1-3-41(34-18-9-5-10-19-34)50-48(35-20-11-6-12-21-35)49-32(2)36-26-29-40-46(31-36)52-45-25-15-24-43(47(40)45)51-42-23-14-13-22-38(42)39-28-27-37(30-44(39)51)33-16-7-4-8-17-33/h3-31H,1-2H3/b41-3+,49-32+,50-48-. The first kappa shape index (κ1) is 31.2. The minimum atomic E-state index is 0.656. The van der Waals surface area contributed by atoms with E-state index in [-0.39, 0.29) is 0 Å². The van der Waals surface area contributed by atoms with Gasteiger partial charge in [0.1, 0.15) is 11.2 Å². The van der Waals surface area contributed by atoms with Gasteiger partial charge in [0.25, 0.3) is 0 Å². The van der Waals surface area contributed by atoms with Crippen molar-refractivity contribution >= 4 is 61.0 Å². The monoisotopic (exact) mass is 669 g/mol. The molecule has 0 saturated heterocycles. The highest BCUT2D eigenvalue weighted by Crippen LogP contribution is 2.40. The molecule has 0 unspecified atom stereocenters. The van der Waals surface area contributed by atoms with Crippen LogP contribution in [0.25, 0.3) is 66.3 Å². The largest absolute Gasteiger partial charge is 0.456 e. The lowest BCUT2D eigenvalue weighted by Crippen LogP contribution is -2.04. The van der Waals surface area contributed by atoms with Crippen LogP contribution in [0, 0.1) is 0 Å². The van der Waals surface area contributed by atoms with E-state index >= 15 is 0 Å². The molecule has 9 rings (SSSR count). The van der Waals surface area contributed by atoms with Gasteiger partial charge in [-0.1, -0.05) is 140 Å². The molecule has 248 valence electrons. The minimum absolute atomic E-state index is 0.656. The fourth-order valence-corrected chi connectivity index (χ4v) is 7.24. The van der Waals surface area contributed by atoms with Gasteiger partial charge in [-0.25, -0.2) is 9.98 Å². The zero-order valence-corrected chi connectivity index (χ0v) is 29.0. The van der Waals surface area contributed by atoms with E-state index in [2.05, 4.69) is 138 Å². The van der Waals surface area contributed by atoms with Crippen LogP contribution in [0.2, 0.25) is 0 Å². The summed E-state index contributed by atoms with van der Waals surface area (Å²) in [6.07, 6.45) is 2.03. The number of allylic oxidation sites excluding steroid dienone is 1. The average molecular weight is 670 g/mol. The number of aliphatic imine (C=N–C) groups is 2. The number of aromatic nitrogens is 1. The molecule has 0 saturated carbocycles. The molecule has 2 aromatic heterocycles. The van der Waals surface area contributed by atoms with E-state index < -0.39 is 0 Å². The molecular weight excluding hydrogens is 635 g/mol. The highest BCUT2D eigenvalue weighted by molar-refractivity contribution is 6.17. The van der Waals surface area contributed by atoms with E-state index in [9.17, 15) is 0 Å². The van der Waals surface area contributed by atoms with Crippen molar-refractivity contribution in [1.82, 2.24) is 4.57 Å². The Hall–Kier alpha value is -6.78. The molecule has 0 atom stereocenters. The van der Waals surface area contributed by atoms with Gasteiger partial charge in [0.05, 0.1) is 27.8 Å². The summed E-state index contributed by atoms with van der Waals surface area (Å²) in [5.41, 5.74) is 12.1. The number of hydrogen-bond acceptors (Lipinski definition) is 2. The summed E-state index contributed by atoms with van der Waals surface area (Å²) in [5, 5.41) is 4.58. The lowest BCUT2D eigenvalue weighted by atomic mass is 10.0. The smallest absolute Gasteiger partial charge is 0.160 e. The normalized spacial score (nSPS) is 12.8. The van der Waals surface area contributed by atoms with Crippen LogP contribution in [-0.2, 0) is 0 Å². The lowest BCUT2D eigenvalue weighted by molar-refractivity contribution is 0.668. The quantitative estimate of drug-likeness (QED) is 0.128. The molecule has 0 radical (unpaired) electrons. The molecule has 0 fully saturated rings. The fourth-order valence-electron chi connectivity index (χ4n) is 7.24. The zero-order chi connectivity index (χ0) is 35.0. The second-order valence-corrected chi connectivity index (χ2v) is 13.0. The molecule has 0 spiro atoms. The Morgan fingerprint density at radius 1 is 0.519 bits per heavy atom. The van der Waals surface area contributed by atoms with Gasteiger partial charge < -0.3 is 8.98 Å².